The third-order valence-corrected chi connectivity index (χ3v) is 7.04. The van der Waals surface area contributed by atoms with E-state index in [0.717, 1.165) is 35.6 Å². The third-order valence-electron chi connectivity index (χ3n) is 7.04. The lowest BCUT2D eigenvalue weighted by molar-refractivity contribution is 0.331. The zero-order valence-corrected chi connectivity index (χ0v) is 19.7. The van der Waals surface area contributed by atoms with Gasteiger partial charge in [-0.1, -0.05) is 87.9 Å². The van der Waals surface area contributed by atoms with Gasteiger partial charge in [-0.15, -0.1) is 0 Å². The Bertz CT molecular complexity index is 1160. The van der Waals surface area contributed by atoms with Crippen molar-refractivity contribution in [1.82, 2.24) is 0 Å². The van der Waals surface area contributed by atoms with E-state index in [4.69, 9.17) is 0 Å². The van der Waals surface area contributed by atoms with Gasteiger partial charge < -0.3 is 0 Å². The van der Waals surface area contributed by atoms with Gasteiger partial charge in [0.1, 0.15) is 11.6 Å². The zero-order valence-electron chi connectivity index (χ0n) is 19.7. The molecular formula is C30H32F2. The molecule has 1 aliphatic rings. The van der Waals surface area contributed by atoms with Gasteiger partial charge in [0.25, 0.3) is 0 Å². The maximum atomic E-state index is 14.5. The van der Waals surface area contributed by atoms with Crippen molar-refractivity contribution in [3.63, 3.8) is 0 Å². The molecule has 0 nitrogen and oxygen atoms in total. The van der Waals surface area contributed by atoms with E-state index in [9.17, 15) is 8.78 Å². The molecule has 4 rings (SSSR count). The first-order valence-electron chi connectivity index (χ1n) is 11.4. The van der Waals surface area contributed by atoms with Crippen LogP contribution in [0.5, 0.6) is 0 Å². The summed E-state index contributed by atoms with van der Waals surface area (Å²) in [6, 6.07) is 16.9. The molecule has 3 aromatic carbocycles. The quantitative estimate of drug-likeness (QED) is 0.365. The van der Waals surface area contributed by atoms with Gasteiger partial charge in [-0.05, 0) is 70.0 Å². The van der Waals surface area contributed by atoms with Crippen molar-refractivity contribution in [2.75, 3.05) is 0 Å². The molecule has 0 amide bonds. The van der Waals surface area contributed by atoms with E-state index in [1.54, 1.807) is 6.07 Å². The maximum absolute atomic E-state index is 14.5. The number of rotatable bonds is 4. The first kappa shape index (κ1) is 22.5. The van der Waals surface area contributed by atoms with Crippen LogP contribution in [0.4, 0.5) is 8.78 Å². The zero-order chi connectivity index (χ0) is 23.1. The minimum absolute atomic E-state index is 0.0696. The fourth-order valence-corrected chi connectivity index (χ4v) is 4.72. The number of benzene rings is 3. The van der Waals surface area contributed by atoms with Crippen LogP contribution in [0.2, 0.25) is 0 Å². The summed E-state index contributed by atoms with van der Waals surface area (Å²) in [5.74, 6) is -1.03. The lowest BCUT2D eigenvalue weighted by Gasteiger charge is -2.42. The number of fused-ring (bicyclic) bond motifs is 1. The fraction of sp³-hybridized carbons (Fsp3) is 0.333. The summed E-state index contributed by atoms with van der Waals surface area (Å²) in [6.07, 6.45) is 6.95. The highest BCUT2D eigenvalue weighted by atomic mass is 19.1. The number of hydrogen-bond acceptors (Lipinski definition) is 0. The highest BCUT2D eigenvalue weighted by molar-refractivity contribution is 5.73. The van der Waals surface area contributed by atoms with E-state index < -0.39 is 11.6 Å². The Morgan fingerprint density at radius 2 is 1.38 bits per heavy atom. The SMILES string of the molecule is Cc1ccc(/C=C/c2cc3c(cc2Cc2ccc(F)cc2F)C(C)(C)CCC3(C)C)cc1. The summed E-state index contributed by atoms with van der Waals surface area (Å²) < 4.78 is 28.0. The Labute approximate surface area is 191 Å². The third kappa shape index (κ3) is 4.55. The lowest BCUT2D eigenvalue weighted by atomic mass is 9.62. The Morgan fingerprint density at radius 1 is 0.750 bits per heavy atom. The van der Waals surface area contributed by atoms with Gasteiger partial charge in [0, 0.05) is 12.5 Å². The molecule has 0 atom stereocenters. The molecule has 0 bridgehead atoms. The Hall–Kier alpha value is -2.74. The average molecular weight is 431 g/mol. The van der Waals surface area contributed by atoms with E-state index in [2.05, 4.69) is 83.2 Å². The van der Waals surface area contributed by atoms with Crippen molar-refractivity contribution < 1.29 is 8.78 Å². The van der Waals surface area contributed by atoms with Crippen molar-refractivity contribution in [3.8, 4) is 0 Å². The summed E-state index contributed by atoms with van der Waals surface area (Å²) in [5.41, 5.74) is 7.93. The molecule has 3 aromatic rings. The normalized spacial score (nSPS) is 16.8. The largest absolute Gasteiger partial charge is 0.207 e. The van der Waals surface area contributed by atoms with Gasteiger partial charge in [-0.3, -0.25) is 0 Å². The number of hydrogen-bond donors (Lipinski definition) is 0. The molecule has 0 radical (unpaired) electrons. The molecule has 0 aromatic heterocycles. The minimum Gasteiger partial charge on any atom is -0.207 e. The van der Waals surface area contributed by atoms with Gasteiger partial charge in [-0.2, -0.15) is 0 Å². The van der Waals surface area contributed by atoms with Gasteiger partial charge in [0.15, 0.2) is 0 Å². The number of halogens is 2. The van der Waals surface area contributed by atoms with Crippen LogP contribution in [0.1, 0.15) is 79.5 Å². The monoisotopic (exact) mass is 430 g/mol. The summed E-state index contributed by atoms with van der Waals surface area (Å²) in [7, 11) is 0. The molecule has 2 heteroatoms. The summed E-state index contributed by atoms with van der Waals surface area (Å²) >= 11 is 0. The summed E-state index contributed by atoms with van der Waals surface area (Å²) in [6.45, 7) is 11.3. The molecule has 0 aliphatic heterocycles. The topological polar surface area (TPSA) is 0 Å². The van der Waals surface area contributed by atoms with E-state index in [0.29, 0.717) is 12.0 Å². The van der Waals surface area contributed by atoms with Crippen molar-refractivity contribution >= 4 is 12.2 Å². The van der Waals surface area contributed by atoms with Crippen LogP contribution in [-0.4, -0.2) is 0 Å². The smallest absolute Gasteiger partial charge is 0.129 e. The molecular weight excluding hydrogens is 398 g/mol. The second kappa shape index (κ2) is 8.31. The van der Waals surface area contributed by atoms with Crippen LogP contribution in [-0.2, 0) is 17.3 Å². The summed E-state index contributed by atoms with van der Waals surface area (Å²) in [5, 5.41) is 0. The summed E-state index contributed by atoms with van der Waals surface area (Å²) in [4.78, 5) is 0. The molecule has 166 valence electrons. The van der Waals surface area contributed by atoms with Crippen LogP contribution in [0.25, 0.3) is 12.2 Å². The van der Waals surface area contributed by atoms with Crippen LogP contribution < -0.4 is 0 Å². The second-order valence-electron chi connectivity index (χ2n) is 10.5. The van der Waals surface area contributed by atoms with Crippen LogP contribution in [0.3, 0.4) is 0 Å². The van der Waals surface area contributed by atoms with Crippen LogP contribution >= 0.6 is 0 Å². The van der Waals surface area contributed by atoms with Crippen LogP contribution in [0.15, 0.2) is 54.6 Å². The minimum atomic E-state index is -0.543. The first-order valence-corrected chi connectivity index (χ1v) is 11.4. The van der Waals surface area contributed by atoms with Gasteiger partial charge in [-0.25, -0.2) is 8.78 Å². The average Bonchev–Trinajstić information content (AvgIpc) is 2.73. The highest BCUT2D eigenvalue weighted by Gasteiger charge is 2.37. The molecule has 0 saturated carbocycles. The van der Waals surface area contributed by atoms with Gasteiger partial charge in [0.05, 0.1) is 0 Å². The highest BCUT2D eigenvalue weighted by Crippen LogP contribution is 2.47. The second-order valence-corrected chi connectivity index (χ2v) is 10.5. The number of aryl methyl sites for hydroxylation is 1. The maximum Gasteiger partial charge on any atom is 0.129 e. The van der Waals surface area contributed by atoms with Crippen molar-refractivity contribution in [2.24, 2.45) is 0 Å². The predicted octanol–water partition coefficient (Wildman–Crippen LogP) is 8.38. The predicted molar refractivity (Wildman–Crippen MR) is 131 cm³/mol. The molecule has 32 heavy (non-hydrogen) atoms. The first-order chi connectivity index (χ1) is 15.0. The van der Waals surface area contributed by atoms with E-state index in [1.165, 1.54) is 22.8 Å². The van der Waals surface area contributed by atoms with E-state index in [1.807, 2.05) is 0 Å². The molecule has 0 unspecified atom stereocenters. The standard InChI is InChI=1S/C30H32F2/c1-20-6-8-21(9-7-20)10-11-22-17-26-27(30(4,5)15-14-29(26,2)3)18-24(22)16-23-12-13-25(31)19-28(23)32/h6-13,17-19H,14-16H2,1-5H3/b11-10+. The van der Waals surface area contributed by atoms with Crippen molar-refractivity contribution in [2.45, 2.75) is 64.7 Å². The molecule has 0 spiro atoms. The molecule has 0 heterocycles. The molecule has 0 fully saturated rings. The Balaban J connectivity index is 1.84. The lowest BCUT2D eigenvalue weighted by Crippen LogP contribution is -2.34. The van der Waals surface area contributed by atoms with Crippen LogP contribution in [0, 0.1) is 18.6 Å². The van der Waals surface area contributed by atoms with Crippen molar-refractivity contribution in [3.05, 3.63) is 105 Å². The molecule has 1 aliphatic carbocycles. The molecule has 0 saturated heterocycles. The molecule has 0 N–H and O–H groups in total. The Morgan fingerprint density at radius 3 is 2.00 bits per heavy atom. The fourth-order valence-electron chi connectivity index (χ4n) is 4.72. The van der Waals surface area contributed by atoms with E-state index in [-0.39, 0.29) is 10.8 Å². The van der Waals surface area contributed by atoms with Gasteiger partial charge in [0.2, 0.25) is 0 Å². The Kier molecular flexibility index (Phi) is 5.83. The van der Waals surface area contributed by atoms with Gasteiger partial charge >= 0.3 is 0 Å². The van der Waals surface area contributed by atoms with E-state index >= 15 is 0 Å². The van der Waals surface area contributed by atoms with Crippen molar-refractivity contribution in [1.29, 1.82) is 0 Å².